The van der Waals surface area contributed by atoms with E-state index in [2.05, 4.69) is 35.2 Å². The maximum absolute atomic E-state index is 13.7. The van der Waals surface area contributed by atoms with Crippen LogP contribution in [0.1, 0.15) is 39.3 Å². The Labute approximate surface area is 187 Å². The molecule has 3 aromatic rings. The molecule has 0 saturated carbocycles. The van der Waals surface area contributed by atoms with E-state index in [1.807, 2.05) is 42.5 Å². The minimum atomic E-state index is -0.238. The first kappa shape index (κ1) is 21.7. The van der Waals surface area contributed by atoms with Gasteiger partial charge in [-0.25, -0.2) is 4.39 Å². The second kappa shape index (κ2) is 9.73. The van der Waals surface area contributed by atoms with Gasteiger partial charge in [-0.3, -0.25) is 9.69 Å². The summed E-state index contributed by atoms with van der Waals surface area (Å²) < 4.78 is 13.7. The highest BCUT2D eigenvalue weighted by Gasteiger charge is 2.29. The molecule has 1 atom stereocenters. The number of anilines is 1. The van der Waals surface area contributed by atoms with E-state index in [9.17, 15) is 9.18 Å². The van der Waals surface area contributed by atoms with Crippen molar-refractivity contribution in [2.24, 2.45) is 0 Å². The number of amides is 1. The van der Waals surface area contributed by atoms with Gasteiger partial charge in [0, 0.05) is 42.2 Å². The number of hydrogen-bond acceptors (Lipinski definition) is 4. The lowest BCUT2D eigenvalue weighted by Crippen LogP contribution is -2.46. The van der Waals surface area contributed by atoms with Crippen molar-refractivity contribution < 1.29 is 9.18 Å². The summed E-state index contributed by atoms with van der Waals surface area (Å²) in [7, 11) is 2.13. The van der Waals surface area contributed by atoms with Gasteiger partial charge in [-0.1, -0.05) is 37.3 Å². The van der Waals surface area contributed by atoms with Crippen LogP contribution in [0.25, 0.3) is 0 Å². The van der Waals surface area contributed by atoms with Gasteiger partial charge in [0.15, 0.2) is 0 Å². The molecule has 4 rings (SSSR count). The number of halogens is 1. The third-order valence-electron chi connectivity index (χ3n) is 5.81. The van der Waals surface area contributed by atoms with Gasteiger partial charge < -0.3 is 10.2 Å². The van der Waals surface area contributed by atoms with Crippen molar-refractivity contribution in [3.63, 3.8) is 0 Å². The van der Waals surface area contributed by atoms with Gasteiger partial charge in [0.1, 0.15) is 10.8 Å². The number of hydrogen-bond donors (Lipinski definition) is 1. The van der Waals surface area contributed by atoms with Crippen molar-refractivity contribution in [2.45, 2.75) is 19.4 Å². The number of nitrogens with zero attached hydrogens (tertiary/aromatic N) is 2. The van der Waals surface area contributed by atoms with Crippen LogP contribution >= 0.6 is 11.3 Å². The van der Waals surface area contributed by atoms with Gasteiger partial charge >= 0.3 is 0 Å². The molecule has 0 unspecified atom stereocenters. The van der Waals surface area contributed by atoms with Crippen LogP contribution in [0.2, 0.25) is 0 Å². The first-order valence-corrected chi connectivity index (χ1v) is 11.5. The van der Waals surface area contributed by atoms with Crippen LogP contribution in [-0.2, 0) is 6.42 Å². The van der Waals surface area contributed by atoms with Crippen LogP contribution < -0.4 is 5.32 Å². The van der Waals surface area contributed by atoms with E-state index >= 15 is 0 Å². The molecule has 1 amide bonds. The van der Waals surface area contributed by atoms with E-state index in [0.29, 0.717) is 5.56 Å². The van der Waals surface area contributed by atoms with E-state index in [1.165, 1.54) is 17.0 Å². The fourth-order valence-electron chi connectivity index (χ4n) is 4.01. The van der Waals surface area contributed by atoms with Crippen molar-refractivity contribution in [1.29, 1.82) is 0 Å². The predicted molar refractivity (Wildman–Crippen MR) is 125 cm³/mol. The average molecular weight is 438 g/mol. The molecule has 31 heavy (non-hydrogen) atoms. The zero-order valence-corrected chi connectivity index (χ0v) is 18.8. The topological polar surface area (TPSA) is 35.6 Å². The number of rotatable bonds is 6. The monoisotopic (exact) mass is 437 g/mol. The number of likely N-dealkylation sites (N-methyl/N-ethyl adjacent to an activating group) is 1. The number of nitrogens with one attached hydrogen (secondary N) is 1. The Morgan fingerprint density at radius 2 is 1.74 bits per heavy atom. The summed E-state index contributed by atoms with van der Waals surface area (Å²) in [6.45, 7) is 5.92. The van der Waals surface area contributed by atoms with Gasteiger partial charge in [-0.2, -0.15) is 0 Å². The molecule has 1 aromatic heterocycles. The number of carbonyl (C=O) groups excluding carboxylic acids is 1. The summed E-state index contributed by atoms with van der Waals surface area (Å²) in [5, 5.41) is 4.03. The molecule has 0 spiro atoms. The highest BCUT2D eigenvalue weighted by atomic mass is 32.1. The van der Waals surface area contributed by atoms with E-state index < -0.39 is 0 Å². The molecule has 1 aliphatic heterocycles. The summed E-state index contributed by atoms with van der Waals surface area (Å²) in [5.41, 5.74) is 2.77. The van der Waals surface area contributed by atoms with Gasteiger partial charge in [0.2, 0.25) is 0 Å². The minimum Gasteiger partial charge on any atom is -0.313 e. The van der Waals surface area contributed by atoms with Crippen LogP contribution in [0.15, 0.2) is 60.7 Å². The minimum absolute atomic E-state index is 0.0306. The second-order valence-corrected chi connectivity index (χ2v) is 9.10. The van der Waals surface area contributed by atoms with E-state index in [4.69, 9.17) is 0 Å². The normalized spacial score (nSPS) is 16.2. The van der Waals surface area contributed by atoms with Crippen molar-refractivity contribution >= 4 is 22.2 Å². The SMILES string of the molecule is CCc1cc([C@H](c2ccc(F)cc2)N2CCN(C)CC2)c(NC(=O)c2ccccc2)s1. The van der Waals surface area contributed by atoms with E-state index in [0.717, 1.165) is 48.7 Å². The summed E-state index contributed by atoms with van der Waals surface area (Å²) in [6.07, 6.45) is 0.901. The Bertz CT molecular complexity index is 1010. The van der Waals surface area contributed by atoms with Crippen molar-refractivity contribution in [2.75, 3.05) is 38.5 Å². The predicted octanol–water partition coefficient (Wildman–Crippen LogP) is 5.04. The summed E-state index contributed by atoms with van der Waals surface area (Å²) in [4.78, 5) is 18.9. The summed E-state index contributed by atoms with van der Waals surface area (Å²) in [5.74, 6) is -0.347. The molecule has 2 aromatic carbocycles. The fourth-order valence-corrected chi connectivity index (χ4v) is 5.04. The maximum Gasteiger partial charge on any atom is 0.256 e. The van der Waals surface area contributed by atoms with Crippen molar-refractivity contribution in [3.8, 4) is 0 Å². The molecule has 1 aliphatic rings. The van der Waals surface area contributed by atoms with Gasteiger partial charge in [-0.05, 0) is 49.4 Å². The Hall–Kier alpha value is -2.54. The standard InChI is InChI=1S/C25H28FN3OS/c1-3-21-17-22(25(31-21)27-24(30)19-7-5-4-6-8-19)23(18-9-11-20(26)12-10-18)29-15-13-28(2)14-16-29/h4-12,17,23H,3,13-16H2,1-2H3,(H,27,30)/t23-/m0/s1. The number of benzene rings is 2. The second-order valence-electron chi connectivity index (χ2n) is 7.96. The lowest BCUT2D eigenvalue weighted by Gasteiger charge is -2.38. The quantitative estimate of drug-likeness (QED) is 0.587. The molecule has 1 fully saturated rings. The maximum atomic E-state index is 13.7. The molecule has 162 valence electrons. The first-order chi connectivity index (χ1) is 15.0. The third-order valence-corrected chi connectivity index (χ3v) is 7.02. The molecular weight excluding hydrogens is 409 g/mol. The Morgan fingerprint density at radius 3 is 2.39 bits per heavy atom. The Kier molecular flexibility index (Phi) is 6.80. The number of thiophene rings is 1. The van der Waals surface area contributed by atoms with E-state index in [1.54, 1.807) is 11.3 Å². The molecule has 1 N–H and O–H groups in total. The highest BCUT2D eigenvalue weighted by molar-refractivity contribution is 7.16. The van der Waals surface area contributed by atoms with Crippen LogP contribution in [0.5, 0.6) is 0 Å². The molecule has 0 radical (unpaired) electrons. The lowest BCUT2D eigenvalue weighted by atomic mass is 9.97. The Morgan fingerprint density at radius 1 is 1.06 bits per heavy atom. The smallest absolute Gasteiger partial charge is 0.256 e. The zero-order valence-electron chi connectivity index (χ0n) is 18.0. The van der Waals surface area contributed by atoms with Crippen LogP contribution in [0.3, 0.4) is 0 Å². The zero-order chi connectivity index (χ0) is 21.8. The number of carbonyl (C=O) groups is 1. The van der Waals surface area contributed by atoms with Crippen LogP contribution in [0.4, 0.5) is 9.39 Å². The molecule has 4 nitrogen and oxygen atoms in total. The average Bonchev–Trinajstić information content (AvgIpc) is 3.19. The number of aryl methyl sites for hydroxylation is 1. The molecule has 1 saturated heterocycles. The van der Waals surface area contributed by atoms with E-state index in [-0.39, 0.29) is 17.8 Å². The molecule has 0 aliphatic carbocycles. The largest absolute Gasteiger partial charge is 0.313 e. The third kappa shape index (κ3) is 5.03. The van der Waals surface area contributed by atoms with Crippen molar-refractivity contribution in [3.05, 3.63) is 88.0 Å². The molecule has 0 bridgehead atoms. The first-order valence-electron chi connectivity index (χ1n) is 10.7. The lowest BCUT2D eigenvalue weighted by molar-refractivity contribution is 0.102. The van der Waals surface area contributed by atoms with Crippen LogP contribution in [-0.4, -0.2) is 48.9 Å². The summed E-state index contributed by atoms with van der Waals surface area (Å²) >= 11 is 1.63. The Balaban J connectivity index is 1.72. The number of piperazine rings is 1. The van der Waals surface area contributed by atoms with Gasteiger partial charge in [-0.15, -0.1) is 11.3 Å². The highest BCUT2D eigenvalue weighted by Crippen LogP contribution is 2.40. The molecule has 6 heteroatoms. The molecular formula is C25H28FN3OS. The van der Waals surface area contributed by atoms with Crippen LogP contribution in [0, 0.1) is 5.82 Å². The molecule has 2 heterocycles. The van der Waals surface area contributed by atoms with Gasteiger partial charge in [0.25, 0.3) is 5.91 Å². The van der Waals surface area contributed by atoms with Gasteiger partial charge in [0.05, 0.1) is 6.04 Å². The van der Waals surface area contributed by atoms with Crippen molar-refractivity contribution in [1.82, 2.24) is 9.80 Å². The summed E-state index contributed by atoms with van der Waals surface area (Å²) in [6, 6.07) is 18.2. The fraction of sp³-hybridized carbons (Fsp3) is 0.320.